The van der Waals surface area contributed by atoms with Gasteiger partial charge in [0.15, 0.2) is 0 Å². The van der Waals surface area contributed by atoms with Crippen LogP contribution in [0.15, 0.2) is 70.3 Å². The largest absolute Gasteiger partial charge is 0.480 e. The maximum absolute atomic E-state index is 11.5. The van der Waals surface area contributed by atoms with Crippen molar-refractivity contribution >= 4 is 17.7 Å². The molecule has 0 saturated carbocycles. The smallest absolute Gasteiger partial charge is 0.321 e. The monoisotopic (exact) mass is 312 g/mol. The minimum Gasteiger partial charge on any atom is -0.480 e. The summed E-state index contributed by atoms with van der Waals surface area (Å²) >= 11 is 1.03. The standard InChI is InChI=1S/C16H12N2O3S/c19-15(20)13(11-7-3-1-4-8-11)22-16-18-17-14(21-16)12-9-5-2-6-10-12/h1-10,13H,(H,19,20)/t13-/m0/s1. The summed E-state index contributed by atoms with van der Waals surface area (Å²) in [6.45, 7) is 0. The van der Waals surface area contributed by atoms with Crippen LogP contribution in [0.4, 0.5) is 0 Å². The van der Waals surface area contributed by atoms with E-state index >= 15 is 0 Å². The van der Waals surface area contributed by atoms with Crippen LogP contribution < -0.4 is 0 Å². The first-order valence-corrected chi connectivity index (χ1v) is 7.45. The van der Waals surface area contributed by atoms with Gasteiger partial charge >= 0.3 is 5.97 Å². The topological polar surface area (TPSA) is 76.2 Å². The molecule has 1 aromatic heterocycles. The summed E-state index contributed by atoms with van der Waals surface area (Å²) in [5.41, 5.74) is 1.48. The third-order valence-corrected chi connectivity index (χ3v) is 4.05. The number of carboxylic acids is 1. The Hall–Kier alpha value is -2.60. The summed E-state index contributed by atoms with van der Waals surface area (Å²) in [4.78, 5) is 11.5. The molecule has 1 heterocycles. The number of carbonyl (C=O) groups is 1. The van der Waals surface area contributed by atoms with Crippen molar-refractivity contribution in [3.8, 4) is 11.5 Å². The molecule has 0 amide bonds. The molecule has 5 nitrogen and oxygen atoms in total. The highest BCUT2D eigenvalue weighted by molar-refractivity contribution is 8.00. The summed E-state index contributed by atoms with van der Waals surface area (Å²) < 4.78 is 5.55. The lowest BCUT2D eigenvalue weighted by atomic mass is 10.1. The second-order valence-corrected chi connectivity index (χ2v) is 5.54. The van der Waals surface area contributed by atoms with Gasteiger partial charge in [0.05, 0.1) is 0 Å². The molecule has 3 aromatic rings. The number of hydrogen-bond acceptors (Lipinski definition) is 5. The molecule has 0 radical (unpaired) electrons. The molecule has 3 rings (SSSR count). The van der Waals surface area contributed by atoms with E-state index in [4.69, 9.17) is 4.42 Å². The molecule has 0 bridgehead atoms. The molecular formula is C16H12N2O3S. The van der Waals surface area contributed by atoms with E-state index in [1.807, 2.05) is 36.4 Å². The summed E-state index contributed by atoms with van der Waals surface area (Å²) in [5.74, 6) is -0.573. The molecule has 0 spiro atoms. The first-order chi connectivity index (χ1) is 10.7. The van der Waals surface area contributed by atoms with Crippen LogP contribution in [0.3, 0.4) is 0 Å². The molecule has 1 N–H and O–H groups in total. The lowest BCUT2D eigenvalue weighted by molar-refractivity contribution is -0.136. The van der Waals surface area contributed by atoms with Gasteiger partial charge in [-0.25, -0.2) is 0 Å². The van der Waals surface area contributed by atoms with Crippen LogP contribution in [-0.2, 0) is 4.79 Å². The van der Waals surface area contributed by atoms with Gasteiger partial charge < -0.3 is 9.52 Å². The van der Waals surface area contributed by atoms with Crippen molar-refractivity contribution in [1.29, 1.82) is 0 Å². The number of rotatable bonds is 5. The number of aromatic nitrogens is 2. The van der Waals surface area contributed by atoms with Crippen molar-refractivity contribution in [1.82, 2.24) is 10.2 Å². The van der Waals surface area contributed by atoms with E-state index < -0.39 is 11.2 Å². The van der Waals surface area contributed by atoms with Gasteiger partial charge in [-0.05, 0) is 29.5 Å². The molecule has 110 valence electrons. The highest BCUT2D eigenvalue weighted by Gasteiger charge is 2.24. The molecule has 0 aliphatic rings. The van der Waals surface area contributed by atoms with Gasteiger partial charge in [-0.1, -0.05) is 48.5 Å². The third-order valence-electron chi connectivity index (χ3n) is 2.97. The molecule has 6 heteroatoms. The van der Waals surface area contributed by atoms with Crippen LogP contribution in [0.1, 0.15) is 10.8 Å². The van der Waals surface area contributed by atoms with E-state index in [0.717, 1.165) is 17.3 Å². The molecule has 2 aromatic carbocycles. The Kier molecular flexibility index (Phi) is 4.20. The normalized spacial score (nSPS) is 12.0. The second-order valence-electron chi connectivity index (χ2n) is 4.49. The fraction of sp³-hybridized carbons (Fsp3) is 0.0625. The van der Waals surface area contributed by atoms with Gasteiger partial charge in [-0.2, -0.15) is 0 Å². The summed E-state index contributed by atoms with van der Waals surface area (Å²) in [5, 5.41) is 16.7. The highest BCUT2D eigenvalue weighted by Crippen LogP contribution is 2.35. The minimum atomic E-state index is -0.948. The Morgan fingerprint density at radius 1 is 1.00 bits per heavy atom. The molecule has 0 aliphatic carbocycles. The summed E-state index contributed by atoms with van der Waals surface area (Å²) in [7, 11) is 0. The lowest BCUT2D eigenvalue weighted by Crippen LogP contribution is -2.07. The van der Waals surface area contributed by atoms with Crippen LogP contribution >= 0.6 is 11.8 Å². The molecule has 0 saturated heterocycles. The maximum Gasteiger partial charge on any atom is 0.321 e. The molecule has 0 fully saturated rings. The minimum absolute atomic E-state index is 0.232. The Balaban J connectivity index is 1.83. The van der Waals surface area contributed by atoms with E-state index in [0.29, 0.717) is 11.5 Å². The third kappa shape index (κ3) is 3.17. The van der Waals surface area contributed by atoms with Crippen molar-refractivity contribution in [2.45, 2.75) is 10.5 Å². The van der Waals surface area contributed by atoms with Gasteiger partial charge in [0.1, 0.15) is 5.25 Å². The average molecular weight is 312 g/mol. The molecular weight excluding hydrogens is 300 g/mol. The SMILES string of the molecule is O=C(O)[C@@H](Sc1nnc(-c2ccccc2)o1)c1ccccc1. The van der Waals surface area contributed by atoms with Crippen LogP contribution in [0.25, 0.3) is 11.5 Å². The molecule has 1 atom stereocenters. The maximum atomic E-state index is 11.5. The van der Waals surface area contributed by atoms with Crippen LogP contribution in [0.2, 0.25) is 0 Å². The second kappa shape index (κ2) is 6.44. The van der Waals surface area contributed by atoms with Gasteiger partial charge in [0.2, 0.25) is 5.89 Å². The zero-order chi connectivity index (χ0) is 15.4. The molecule has 0 aliphatic heterocycles. The predicted octanol–water partition coefficient (Wildman–Crippen LogP) is 3.65. The van der Waals surface area contributed by atoms with Gasteiger partial charge in [-0.15, -0.1) is 10.2 Å². The zero-order valence-electron chi connectivity index (χ0n) is 11.4. The number of benzene rings is 2. The Morgan fingerprint density at radius 3 is 2.27 bits per heavy atom. The lowest BCUT2D eigenvalue weighted by Gasteiger charge is -2.09. The number of nitrogens with zero attached hydrogens (tertiary/aromatic N) is 2. The van der Waals surface area contributed by atoms with Gasteiger partial charge in [-0.3, -0.25) is 4.79 Å². The first kappa shape index (κ1) is 14.3. The average Bonchev–Trinajstić information content (AvgIpc) is 3.03. The van der Waals surface area contributed by atoms with E-state index in [1.54, 1.807) is 24.3 Å². The highest BCUT2D eigenvalue weighted by atomic mass is 32.2. The van der Waals surface area contributed by atoms with E-state index in [1.165, 1.54) is 0 Å². The van der Waals surface area contributed by atoms with Gasteiger partial charge in [0.25, 0.3) is 5.22 Å². The zero-order valence-corrected chi connectivity index (χ0v) is 12.2. The van der Waals surface area contributed by atoms with Crippen molar-refractivity contribution in [2.24, 2.45) is 0 Å². The number of aliphatic carboxylic acids is 1. The Morgan fingerprint density at radius 2 is 1.64 bits per heavy atom. The van der Waals surface area contributed by atoms with Crippen LogP contribution in [0.5, 0.6) is 0 Å². The number of thioether (sulfide) groups is 1. The number of carboxylic acid groups (broad SMARTS) is 1. The molecule has 0 unspecified atom stereocenters. The predicted molar refractivity (Wildman–Crippen MR) is 82.4 cm³/mol. The number of hydrogen-bond donors (Lipinski definition) is 1. The van der Waals surface area contributed by atoms with Crippen LogP contribution in [-0.4, -0.2) is 21.3 Å². The van der Waals surface area contributed by atoms with Crippen molar-refractivity contribution in [3.05, 3.63) is 66.2 Å². The first-order valence-electron chi connectivity index (χ1n) is 6.57. The Labute approximate surface area is 131 Å². The van der Waals surface area contributed by atoms with Crippen molar-refractivity contribution < 1.29 is 14.3 Å². The van der Waals surface area contributed by atoms with Crippen molar-refractivity contribution in [3.63, 3.8) is 0 Å². The van der Waals surface area contributed by atoms with Crippen LogP contribution in [0, 0.1) is 0 Å². The molecule has 22 heavy (non-hydrogen) atoms. The summed E-state index contributed by atoms with van der Waals surface area (Å²) in [6.07, 6.45) is 0. The fourth-order valence-electron chi connectivity index (χ4n) is 1.94. The quantitative estimate of drug-likeness (QED) is 0.725. The van der Waals surface area contributed by atoms with E-state index in [9.17, 15) is 9.90 Å². The summed E-state index contributed by atoms with van der Waals surface area (Å²) in [6, 6.07) is 18.3. The van der Waals surface area contributed by atoms with E-state index in [-0.39, 0.29) is 5.22 Å². The van der Waals surface area contributed by atoms with Gasteiger partial charge in [0, 0.05) is 5.56 Å². The van der Waals surface area contributed by atoms with Crippen molar-refractivity contribution in [2.75, 3.05) is 0 Å². The fourth-order valence-corrected chi connectivity index (χ4v) is 2.76. The Bertz CT molecular complexity index is 759. The van der Waals surface area contributed by atoms with E-state index in [2.05, 4.69) is 10.2 Å².